The Labute approximate surface area is 171 Å². The van der Waals surface area contributed by atoms with Crippen LogP contribution in [0.25, 0.3) is 0 Å². The lowest BCUT2D eigenvalue weighted by atomic mass is 10.1. The van der Waals surface area contributed by atoms with Gasteiger partial charge in [0, 0.05) is 19.5 Å². The second-order valence-electron chi connectivity index (χ2n) is 7.61. The first-order valence-electron chi connectivity index (χ1n) is 9.87. The number of hydrogen-bond acceptors (Lipinski definition) is 6. The Balaban J connectivity index is 1.45. The molecule has 2 heterocycles. The van der Waals surface area contributed by atoms with Crippen LogP contribution in [0, 0.1) is 5.92 Å². The predicted octanol–water partition coefficient (Wildman–Crippen LogP) is 1.35. The fourth-order valence-corrected chi connectivity index (χ4v) is 5.41. The van der Waals surface area contributed by atoms with E-state index in [0.717, 1.165) is 31.5 Å². The zero-order valence-electron chi connectivity index (χ0n) is 16.6. The molecule has 0 radical (unpaired) electrons. The lowest BCUT2D eigenvalue weighted by molar-refractivity contribution is -0.132. The van der Waals surface area contributed by atoms with Gasteiger partial charge in [-0.25, -0.2) is 13.8 Å². The lowest BCUT2D eigenvalue weighted by Crippen LogP contribution is -2.32. The predicted molar refractivity (Wildman–Crippen MR) is 109 cm³/mol. The van der Waals surface area contributed by atoms with E-state index in [2.05, 4.69) is 10.5 Å². The molecule has 8 nitrogen and oxygen atoms in total. The van der Waals surface area contributed by atoms with Crippen molar-refractivity contribution < 1.29 is 22.7 Å². The maximum Gasteiger partial charge on any atom is 0.260 e. The molecule has 0 spiro atoms. The highest BCUT2D eigenvalue weighted by atomic mass is 32.2. The second kappa shape index (κ2) is 9.39. The summed E-state index contributed by atoms with van der Waals surface area (Å²) in [6.07, 6.45) is 2.79. The number of sulfone groups is 1. The first-order chi connectivity index (χ1) is 13.8. The van der Waals surface area contributed by atoms with Crippen molar-refractivity contribution in [3.8, 4) is 5.75 Å². The fourth-order valence-electron chi connectivity index (χ4n) is 3.55. The van der Waals surface area contributed by atoms with Crippen molar-refractivity contribution in [2.75, 3.05) is 31.2 Å². The number of ether oxygens (including phenoxy) is 1. The molecule has 2 fully saturated rings. The van der Waals surface area contributed by atoms with Crippen LogP contribution >= 0.6 is 0 Å². The van der Waals surface area contributed by atoms with Gasteiger partial charge in [0.05, 0.1) is 17.2 Å². The Morgan fingerprint density at radius 1 is 1.21 bits per heavy atom. The van der Waals surface area contributed by atoms with Gasteiger partial charge in [-0.3, -0.25) is 9.59 Å². The Morgan fingerprint density at radius 3 is 2.52 bits per heavy atom. The Kier molecular flexibility index (Phi) is 6.89. The average molecular weight is 422 g/mol. The van der Waals surface area contributed by atoms with E-state index in [9.17, 15) is 18.0 Å². The van der Waals surface area contributed by atoms with Crippen LogP contribution in [0.15, 0.2) is 29.4 Å². The standard InChI is InChI=1S/C20H27N3O5S/c1-15(21-22-19(24)12-16-8-11-29(26,27)14-16)17-4-6-18(7-5-17)28-13-20(25)23-9-2-3-10-23/h4-7,16H,2-3,8-14H2,1H3,(H,22,24)/b21-15-/t16-/m1/s1. The zero-order chi connectivity index (χ0) is 20.9. The average Bonchev–Trinajstić information content (AvgIpc) is 3.34. The van der Waals surface area contributed by atoms with Crippen molar-refractivity contribution in [2.45, 2.75) is 32.6 Å². The van der Waals surface area contributed by atoms with E-state index in [0.29, 0.717) is 17.9 Å². The maximum absolute atomic E-state index is 12.0. The molecule has 2 amide bonds. The summed E-state index contributed by atoms with van der Waals surface area (Å²) in [6.45, 7) is 3.41. The molecular weight excluding hydrogens is 394 g/mol. The number of carbonyl (C=O) groups is 2. The summed E-state index contributed by atoms with van der Waals surface area (Å²) in [7, 11) is -2.99. The van der Waals surface area contributed by atoms with E-state index in [1.54, 1.807) is 19.1 Å². The number of benzene rings is 1. The van der Waals surface area contributed by atoms with Crippen LogP contribution in [-0.2, 0) is 19.4 Å². The molecule has 0 aliphatic carbocycles. The van der Waals surface area contributed by atoms with Crippen LogP contribution in [0.3, 0.4) is 0 Å². The van der Waals surface area contributed by atoms with E-state index in [1.165, 1.54) is 0 Å². The molecule has 2 aliphatic rings. The van der Waals surface area contributed by atoms with E-state index >= 15 is 0 Å². The van der Waals surface area contributed by atoms with Gasteiger partial charge in [0.1, 0.15) is 5.75 Å². The molecule has 3 rings (SSSR count). The number of amides is 2. The van der Waals surface area contributed by atoms with Crippen LogP contribution in [0.5, 0.6) is 5.75 Å². The number of nitrogens with one attached hydrogen (secondary N) is 1. The highest BCUT2D eigenvalue weighted by molar-refractivity contribution is 7.91. The summed E-state index contributed by atoms with van der Waals surface area (Å²) in [4.78, 5) is 25.8. The minimum Gasteiger partial charge on any atom is -0.484 e. The minimum atomic E-state index is -2.99. The molecule has 0 bridgehead atoms. The number of rotatable bonds is 7. The topological polar surface area (TPSA) is 105 Å². The summed E-state index contributed by atoms with van der Waals surface area (Å²) in [5.41, 5.74) is 3.93. The van der Waals surface area contributed by atoms with E-state index in [4.69, 9.17) is 4.74 Å². The minimum absolute atomic E-state index is 0.00194. The van der Waals surface area contributed by atoms with Crippen molar-refractivity contribution in [3.63, 3.8) is 0 Å². The summed E-state index contributed by atoms with van der Waals surface area (Å²) >= 11 is 0. The molecule has 2 aliphatic heterocycles. The molecule has 1 N–H and O–H groups in total. The Bertz CT molecular complexity index is 874. The SMILES string of the molecule is C/C(=N/NC(=O)C[C@H]1CCS(=O)(=O)C1)c1ccc(OCC(=O)N2CCCC2)cc1. The number of nitrogens with zero attached hydrogens (tertiary/aromatic N) is 2. The third-order valence-electron chi connectivity index (χ3n) is 5.24. The summed E-state index contributed by atoms with van der Waals surface area (Å²) in [6, 6.07) is 7.14. The Morgan fingerprint density at radius 2 is 1.90 bits per heavy atom. The second-order valence-corrected chi connectivity index (χ2v) is 9.84. The van der Waals surface area contributed by atoms with Crippen LogP contribution in [-0.4, -0.2) is 62.0 Å². The van der Waals surface area contributed by atoms with E-state index in [-0.39, 0.29) is 42.3 Å². The molecule has 0 unspecified atom stereocenters. The Hall–Kier alpha value is -2.42. The number of hydrazone groups is 1. The third kappa shape index (κ3) is 6.28. The van der Waals surface area contributed by atoms with Crippen molar-refractivity contribution in [2.24, 2.45) is 11.0 Å². The van der Waals surface area contributed by atoms with Crippen molar-refractivity contribution in [3.05, 3.63) is 29.8 Å². The summed E-state index contributed by atoms with van der Waals surface area (Å²) < 4.78 is 28.5. The van der Waals surface area contributed by atoms with E-state index in [1.807, 2.05) is 17.0 Å². The van der Waals surface area contributed by atoms with Gasteiger partial charge in [0.15, 0.2) is 16.4 Å². The van der Waals surface area contributed by atoms with Gasteiger partial charge < -0.3 is 9.64 Å². The largest absolute Gasteiger partial charge is 0.484 e. The van der Waals surface area contributed by atoms with Gasteiger partial charge in [-0.1, -0.05) is 0 Å². The highest BCUT2D eigenvalue weighted by Gasteiger charge is 2.29. The van der Waals surface area contributed by atoms with Gasteiger partial charge in [-0.2, -0.15) is 5.10 Å². The number of carbonyl (C=O) groups excluding carboxylic acids is 2. The number of likely N-dealkylation sites (tertiary alicyclic amines) is 1. The van der Waals surface area contributed by atoms with Crippen molar-refractivity contribution in [1.29, 1.82) is 0 Å². The van der Waals surface area contributed by atoms with Gasteiger partial charge in [-0.15, -0.1) is 0 Å². The van der Waals surface area contributed by atoms with Crippen LogP contribution in [0.2, 0.25) is 0 Å². The smallest absolute Gasteiger partial charge is 0.260 e. The monoisotopic (exact) mass is 421 g/mol. The molecular formula is C20H27N3O5S. The fraction of sp³-hybridized carbons (Fsp3) is 0.550. The van der Waals surface area contributed by atoms with Gasteiger partial charge in [0.25, 0.3) is 5.91 Å². The zero-order valence-corrected chi connectivity index (χ0v) is 17.4. The number of hydrogen-bond donors (Lipinski definition) is 1. The van der Waals surface area contributed by atoms with Gasteiger partial charge in [0.2, 0.25) is 5.91 Å². The molecule has 158 valence electrons. The van der Waals surface area contributed by atoms with Crippen LogP contribution < -0.4 is 10.2 Å². The summed E-state index contributed by atoms with van der Waals surface area (Å²) in [5.74, 6) is 0.417. The van der Waals surface area contributed by atoms with E-state index < -0.39 is 9.84 Å². The molecule has 1 aromatic rings. The summed E-state index contributed by atoms with van der Waals surface area (Å²) in [5, 5.41) is 4.09. The molecule has 9 heteroatoms. The highest BCUT2D eigenvalue weighted by Crippen LogP contribution is 2.21. The van der Waals surface area contributed by atoms with Gasteiger partial charge in [-0.05, 0) is 61.9 Å². The van der Waals surface area contributed by atoms with Crippen LogP contribution in [0.4, 0.5) is 0 Å². The molecule has 1 atom stereocenters. The molecule has 0 saturated carbocycles. The quantitative estimate of drug-likeness (QED) is 0.529. The third-order valence-corrected chi connectivity index (χ3v) is 7.08. The maximum atomic E-state index is 12.0. The molecule has 29 heavy (non-hydrogen) atoms. The van der Waals surface area contributed by atoms with Gasteiger partial charge >= 0.3 is 0 Å². The van der Waals surface area contributed by atoms with Crippen molar-refractivity contribution in [1.82, 2.24) is 10.3 Å². The first kappa shape index (κ1) is 21.3. The normalized spacial score (nSPS) is 21.2. The lowest BCUT2D eigenvalue weighted by Gasteiger charge is -2.15. The molecule has 0 aromatic heterocycles. The molecule has 1 aromatic carbocycles. The first-order valence-corrected chi connectivity index (χ1v) is 11.7. The van der Waals surface area contributed by atoms with Crippen LogP contribution in [0.1, 0.15) is 38.2 Å². The molecule has 2 saturated heterocycles. The van der Waals surface area contributed by atoms with Crippen molar-refractivity contribution >= 4 is 27.4 Å².